The van der Waals surface area contributed by atoms with Crippen LogP contribution in [-0.4, -0.2) is 6.54 Å². The van der Waals surface area contributed by atoms with Gasteiger partial charge in [-0.05, 0) is 42.7 Å². The Morgan fingerprint density at radius 2 is 2.12 bits per heavy atom. The third-order valence-corrected chi connectivity index (χ3v) is 3.42. The van der Waals surface area contributed by atoms with Crippen molar-refractivity contribution in [3.8, 4) is 6.07 Å². The fraction of sp³-hybridized carbons (Fsp3) is 0.267. The summed E-state index contributed by atoms with van der Waals surface area (Å²) in [4.78, 5) is 0. The zero-order valence-electron chi connectivity index (χ0n) is 9.61. The van der Waals surface area contributed by atoms with Crippen molar-refractivity contribution in [3.63, 3.8) is 0 Å². The first kappa shape index (κ1) is 10.2. The van der Waals surface area contributed by atoms with Gasteiger partial charge in [-0.25, -0.2) is 0 Å². The lowest BCUT2D eigenvalue weighted by Gasteiger charge is -2.14. The van der Waals surface area contributed by atoms with Crippen molar-refractivity contribution < 1.29 is 0 Å². The second kappa shape index (κ2) is 4.10. The van der Waals surface area contributed by atoms with Crippen LogP contribution in [0.1, 0.15) is 18.4 Å². The Kier molecular flexibility index (Phi) is 2.45. The summed E-state index contributed by atoms with van der Waals surface area (Å²) in [5, 5.41) is 12.1. The molecule has 2 aliphatic rings. The highest BCUT2D eigenvalue weighted by atomic mass is 14.9. The predicted molar refractivity (Wildman–Crippen MR) is 68.5 cm³/mol. The van der Waals surface area contributed by atoms with Crippen LogP contribution in [0, 0.1) is 17.2 Å². The van der Waals surface area contributed by atoms with E-state index in [0.717, 1.165) is 12.2 Å². The topological polar surface area (TPSA) is 35.8 Å². The summed E-state index contributed by atoms with van der Waals surface area (Å²) in [6.45, 7) is 0.913. The van der Waals surface area contributed by atoms with Crippen LogP contribution >= 0.6 is 0 Å². The van der Waals surface area contributed by atoms with Gasteiger partial charge in [-0.15, -0.1) is 0 Å². The monoisotopic (exact) mass is 222 g/mol. The number of fused-ring (bicyclic) bond motifs is 1. The lowest BCUT2D eigenvalue weighted by atomic mass is 9.98. The Morgan fingerprint density at radius 3 is 2.88 bits per heavy atom. The van der Waals surface area contributed by atoms with Gasteiger partial charge in [-0.3, -0.25) is 0 Å². The fourth-order valence-electron chi connectivity index (χ4n) is 2.35. The standard InChI is InChI=1S/C15H14N2/c16-9-11-4-6-14(7-5-11)17-10-13-3-1-2-12-8-15(12)13/h3-8,15,17H,1-2,10H2. The van der Waals surface area contributed by atoms with Crippen LogP contribution in [0.2, 0.25) is 0 Å². The third kappa shape index (κ3) is 2.09. The van der Waals surface area contributed by atoms with Gasteiger partial charge in [0.1, 0.15) is 0 Å². The number of hydrogen-bond donors (Lipinski definition) is 1. The van der Waals surface area contributed by atoms with Gasteiger partial charge in [0.25, 0.3) is 0 Å². The van der Waals surface area contributed by atoms with Gasteiger partial charge in [0.05, 0.1) is 11.6 Å². The number of hydrogen-bond acceptors (Lipinski definition) is 2. The third-order valence-electron chi connectivity index (χ3n) is 3.42. The number of nitrogens with one attached hydrogen (secondary N) is 1. The molecule has 1 N–H and O–H groups in total. The van der Waals surface area contributed by atoms with Gasteiger partial charge >= 0.3 is 0 Å². The summed E-state index contributed by atoms with van der Waals surface area (Å²) < 4.78 is 0. The van der Waals surface area contributed by atoms with Gasteiger partial charge < -0.3 is 5.32 Å². The van der Waals surface area contributed by atoms with E-state index >= 15 is 0 Å². The van der Waals surface area contributed by atoms with Gasteiger partial charge in [-0.1, -0.05) is 17.7 Å². The molecule has 1 aromatic carbocycles. The van der Waals surface area contributed by atoms with E-state index in [1.54, 1.807) is 5.57 Å². The summed E-state index contributed by atoms with van der Waals surface area (Å²) in [6.07, 6.45) is 7.16. The van der Waals surface area contributed by atoms with Crippen LogP contribution in [-0.2, 0) is 0 Å². The Labute approximate surface area is 101 Å². The van der Waals surface area contributed by atoms with E-state index in [1.165, 1.54) is 18.4 Å². The zero-order chi connectivity index (χ0) is 11.7. The molecule has 84 valence electrons. The molecule has 0 saturated heterocycles. The fourth-order valence-corrected chi connectivity index (χ4v) is 2.35. The highest BCUT2D eigenvalue weighted by molar-refractivity contribution is 5.50. The summed E-state index contributed by atoms with van der Waals surface area (Å²) >= 11 is 0. The molecule has 2 nitrogen and oxygen atoms in total. The minimum absolute atomic E-state index is 0.662. The number of anilines is 1. The zero-order valence-corrected chi connectivity index (χ0v) is 9.61. The summed E-state index contributed by atoms with van der Waals surface area (Å²) in [5.74, 6) is 0.662. The average molecular weight is 222 g/mol. The maximum absolute atomic E-state index is 8.72. The minimum Gasteiger partial charge on any atom is -0.381 e. The summed E-state index contributed by atoms with van der Waals surface area (Å²) in [5.41, 5.74) is 4.90. The molecule has 0 heterocycles. The molecule has 17 heavy (non-hydrogen) atoms. The molecule has 0 radical (unpaired) electrons. The quantitative estimate of drug-likeness (QED) is 0.797. The molecule has 1 unspecified atom stereocenters. The number of nitrogens with zero attached hydrogens (tertiary/aromatic N) is 1. The van der Waals surface area contributed by atoms with Crippen molar-refractivity contribution in [1.29, 1.82) is 5.26 Å². The maximum atomic E-state index is 8.72. The summed E-state index contributed by atoms with van der Waals surface area (Å²) in [6, 6.07) is 9.74. The van der Waals surface area contributed by atoms with Crippen molar-refractivity contribution in [3.05, 3.63) is 53.1 Å². The van der Waals surface area contributed by atoms with Gasteiger partial charge in [0, 0.05) is 18.2 Å². The van der Waals surface area contributed by atoms with E-state index in [2.05, 4.69) is 23.5 Å². The maximum Gasteiger partial charge on any atom is 0.0991 e. The van der Waals surface area contributed by atoms with Crippen LogP contribution in [0.4, 0.5) is 5.69 Å². The molecule has 0 spiro atoms. The smallest absolute Gasteiger partial charge is 0.0991 e. The second-order valence-electron chi connectivity index (χ2n) is 4.58. The first-order valence-electron chi connectivity index (χ1n) is 6.00. The van der Waals surface area contributed by atoms with Gasteiger partial charge in [0.2, 0.25) is 0 Å². The summed E-state index contributed by atoms with van der Waals surface area (Å²) in [7, 11) is 0. The van der Waals surface area contributed by atoms with Crippen LogP contribution in [0.5, 0.6) is 0 Å². The second-order valence-corrected chi connectivity index (χ2v) is 4.58. The molecule has 0 fully saturated rings. The largest absolute Gasteiger partial charge is 0.381 e. The number of nitriles is 1. The molecule has 1 aromatic rings. The molecule has 2 heteroatoms. The Bertz CT molecular complexity index is 529. The molecule has 0 aliphatic heterocycles. The molecule has 2 aliphatic carbocycles. The lowest BCUT2D eigenvalue weighted by Crippen LogP contribution is -2.09. The van der Waals surface area contributed by atoms with E-state index in [-0.39, 0.29) is 0 Å². The highest BCUT2D eigenvalue weighted by Gasteiger charge is 2.29. The molecule has 1 atom stereocenters. The van der Waals surface area contributed by atoms with Crippen molar-refractivity contribution in [2.24, 2.45) is 5.92 Å². The molecule has 0 bridgehead atoms. The van der Waals surface area contributed by atoms with E-state index < -0.39 is 0 Å². The van der Waals surface area contributed by atoms with Gasteiger partial charge in [-0.2, -0.15) is 5.26 Å². The molecular weight excluding hydrogens is 208 g/mol. The average Bonchev–Trinajstić information content (AvgIpc) is 3.16. The van der Waals surface area contributed by atoms with Crippen molar-refractivity contribution in [2.75, 3.05) is 11.9 Å². The van der Waals surface area contributed by atoms with Gasteiger partial charge in [0.15, 0.2) is 0 Å². The molecule has 0 amide bonds. The Morgan fingerprint density at radius 1 is 1.29 bits per heavy atom. The first-order valence-corrected chi connectivity index (χ1v) is 6.00. The highest BCUT2D eigenvalue weighted by Crippen LogP contribution is 2.42. The predicted octanol–water partition coefficient (Wildman–Crippen LogP) is 3.25. The molecule has 0 saturated carbocycles. The van der Waals surface area contributed by atoms with E-state index in [1.807, 2.05) is 24.3 Å². The lowest BCUT2D eigenvalue weighted by molar-refractivity contribution is 0.848. The SMILES string of the molecule is N#Cc1ccc(NCC2=CCCC3=CC32)cc1. The van der Waals surface area contributed by atoms with Crippen molar-refractivity contribution >= 4 is 5.69 Å². The van der Waals surface area contributed by atoms with Crippen LogP contribution in [0.15, 0.2) is 47.6 Å². The minimum atomic E-state index is 0.662. The van der Waals surface area contributed by atoms with Crippen LogP contribution < -0.4 is 5.32 Å². The van der Waals surface area contributed by atoms with Crippen molar-refractivity contribution in [1.82, 2.24) is 0 Å². The molecule has 0 aromatic heterocycles. The normalized spacial score (nSPS) is 20.8. The van der Waals surface area contributed by atoms with E-state index in [9.17, 15) is 0 Å². The first-order chi connectivity index (χ1) is 8.36. The molecule has 3 rings (SSSR count). The molecular formula is C15H14N2. The number of rotatable bonds is 3. The number of benzene rings is 1. The van der Waals surface area contributed by atoms with Crippen molar-refractivity contribution in [2.45, 2.75) is 12.8 Å². The van der Waals surface area contributed by atoms with Crippen LogP contribution in [0.3, 0.4) is 0 Å². The Hall–Kier alpha value is -2.01. The van der Waals surface area contributed by atoms with E-state index in [0.29, 0.717) is 11.5 Å². The van der Waals surface area contributed by atoms with E-state index in [4.69, 9.17) is 5.26 Å². The van der Waals surface area contributed by atoms with Crippen LogP contribution in [0.25, 0.3) is 0 Å². The Balaban J connectivity index is 1.60. The number of allylic oxidation sites excluding steroid dienone is 3.